The van der Waals surface area contributed by atoms with Crippen LogP contribution in [0.5, 0.6) is 5.75 Å². The van der Waals surface area contributed by atoms with Crippen molar-refractivity contribution in [3.63, 3.8) is 0 Å². The van der Waals surface area contributed by atoms with Crippen molar-refractivity contribution in [2.24, 2.45) is 0 Å². The summed E-state index contributed by atoms with van der Waals surface area (Å²) in [6, 6.07) is 3.90. The molecule has 1 aromatic heterocycles. The van der Waals surface area contributed by atoms with Crippen LogP contribution in [-0.4, -0.2) is 16.1 Å². The predicted octanol–water partition coefficient (Wildman–Crippen LogP) is 3.61. The summed E-state index contributed by atoms with van der Waals surface area (Å²) in [5, 5.41) is 3.90. The number of nitrogens with zero attached hydrogens (tertiary/aromatic N) is 2. The first-order valence-electron chi connectivity index (χ1n) is 5.57. The lowest BCUT2D eigenvalue weighted by Gasteiger charge is -2.14. The molecule has 0 aliphatic carbocycles. The van der Waals surface area contributed by atoms with Gasteiger partial charge in [0.15, 0.2) is 0 Å². The standard InChI is InChI=1S/C13H10F4N2O/c1-2-10-11(14)6-9(8-19-5-3-4-18-19)7-12(10)20-13(15,16)17/h2-7H,1,8H2. The van der Waals surface area contributed by atoms with Gasteiger partial charge in [-0.05, 0) is 23.8 Å². The van der Waals surface area contributed by atoms with Crippen molar-refractivity contribution in [1.82, 2.24) is 9.78 Å². The summed E-state index contributed by atoms with van der Waals surface area (Å²) >= 11 is 0. The molecule has 0 aliphatic rings. The molecule has 2 aromatic rings. The molecule has 20 heavy (non-hydrogen) atoms. The summed E-state index contributed by atoms with van der Waals surface area (Å²) in [6.45, 7) is 3.42. The highest BCUT2D eigenvalue weighted by Gasteiger charge is 2.32. The Morgan fingerprint density at radius 2 is 2.10 bits per heavy atom. The molecule has 1 aromatic carbocycles. The van der Waals surface area contributed by atoms with Crippen molar-refractivity contribution < 1.29 is 22.3 Å². The van der Waals surface area contributed by atoms with Gasteiger partial charge >= 0.3 is 6.36 Å². The molecule has 0 bridgehead atoms. The fraction of sp³-hybridized carbons (Fsp3) is 0.154. The number of aromatic nitrogens is 2. The molecule has 0 amide bonds. The van der Waals surface area contributed by atoms with Crippen molar-refractivity contribution >= 4 is 6.08 Å². The third kappa shape index (κ3) is 3.37. The van der Waals surface area contributed by atoms with Crippen molar-refractivity contribution in [2.75, 3.05) is 0 Å². The van der Waals surface area contributed by atoms with Crippen LogP contribution in [0.15, 0.2) is 37.2 Å². The number of halogens is 4. The summed E-state index contributed by atoms with van der Waals surface area (Å²) in [5.74, 6) is -1.45. The lowest BCUT2D eigenvalue weighted by atomic mass is 10.1. The van der Waals surface area contributed by atoms with Crippen LogP contribution in [0.1, 0.15) is 11.1 Å². The number of benzene rings is 1. The molecule has 0 N–H and O–H groups in total. The third-order valence-corrected chi connectivity index (χ3v) is 2.48. The smallest absolute Gasteiger partial charge is 0.405 e. The topological polar surface area (TPSA) is 27.1 Å². The summed E-state index contributed by atoms with van der Waals surface area (Å²) in [4.78, 5) is 0. The molecular formula is C13H10F4N2O. The van der Waals surface area contributed by atoms with E-state index in [1.165, 1.54) is 10.9 Å². The van der Waals surface area contributed by atoms with Gasteiger partial charge in [0.25, 0.3) is 0 Å². The monoisotopic (exact) mass is 286 g/mol. The highest BCUT2D eigenvalue weighted by Crippen LogP contribution is 2.30. The van der Waals surface area contributed by atoms with E-state index >= 15 is 0 Å². The van der Waals surface area contributed by atoms with Crippen molar-refractivity contribution in [3.05, 3.63) is 54.1 Å². The van der Waals surface area contributed by atoms with Gasteiger partial charge in [-0.1, -0.05) is 12.7 Å². The number of hydrogen-bond acceptors (Lipinski definition) is 2. The van der Waals surface area contributed by atoms with Crippen LogP contribution in [-0.2, 0) is 6.54 Å². The van der Waals surface area contributed by atoms with Crippen molar-refractivity contribution in [2.45, 2.75) is 12.9 Å². The van der Waals surface area contributed by atoms with E-state index in [1.54, 1.807) is 12.3 Å². The molecule has 0 saturated heterocycles. The summed E-state index contributed by atoms with van der Waals surface area (Å²) < 4.78 is 56.0. The second-order valence-corrected chi connectivity index (χ2v) is 3.95. The van der Waals surface area contributed by atoms with E-state index in [4.69, 9.17) is 0 Å². The quantitative estimate of drug-likeness (QED) is 0.803. The van der Waals surface area contributed by atoms with E-state index in [9.17, 15) is 17.6 Å². The van der Waals surface area contributed by atoms with Gasteiger partial charge in [-0.3, -0.25) is 4.68 Å². The second kappa shape index (κ2) is 5.36. The molecule has 0 spiro atoms. The molecule has 1 heterocycles. The van der Waals surface area contributed by atoms with Crippen molar-refractivity contribution in [1.29, 1.82) is 0 Å². The maximum atomic E-state index is 13.8. The minimum absolute atomic E-state index is 0.134. The predicted molar refractivity (Wildman–Crippen MR) is 64.5 cm³/mol. The lowest BCUT2D eigenvalue weighted by Crippen LogP contribution is -2.18. The molecular weight excluding hydrogens is 276 g/mol. The zero-order chi connectivity index (χ0) is 14.8. The summed E-state index contributed by atoms with van der Waals surface area (Å²) in [7, 11) is 0. The molecule has 0 radical (unpaired) electrons. The molecule has 0 atom stereocenters. The number of hydrogen-bond donors (Lipinski definition) is 0. The molecule has 0 aliphatic heterocycles. The fourth-order valence-corrected chi connectivity index (χ4v) is 1.73. The average Bonchev–Trinajstić information content (AvgIpc) is 2.79. The molecule has 3 nitrogen and oxygen atoms in total. The van der Waals surface area contributed by atoms with E-state index in [1.807, 2.05) is 0 Å². The highest BCUT2D eigenvalue weighted by atomic mass is 19.4. The Kier molecular flexibility index (Phi) is 3.78. The van der Waals surface area contributed by atoms with Crippen molar-refractivity contribution in [3.8, 4) is 5.75 Å². The van der Waals surface area contributed by atoms with Gasteiger partial charge in [0.1, 0.15) is 11.6 Å². The zero-order valence-corrected chi connectivity index (χ0v) is 10.2. The molecule has 0 saturated carbocycles. The fourth-order valence-electron chi connectivity index (χ4n) is 1.73. The highest BCUT2D eigenvalue weighted by molar-refractivity contribution is 5.57. The first kappa shape index (κ1) is 14.1. The van der Waals surface area contributed by atoms with E-state index < -0.39 is 17.9 Å². The Bertz CT molecular complexity index is 606. The summed E-state index contributed by atoms with van der Waals surface area (Å²) in [6.07, 6.45) is -0.784. The molecule has 106 valence electrons. The Morgan fingerprint density at radius 3 is 2.65 bits per heavy atom. The SMILES string of the molecule is C=Cc1c(F)cc(Cn2cccn2)cc1OC(F)(F)F. The second-order valence-electron chi connectivity index (χ2n) is 3.95. The molecule has 0 fully saturated rings. The van der Waals surface area contributed by atoms with Crippen LogP contribution in [0, 0.1) is 5.82 Å². The van der Waals surface area contributed by atoms with E-state index in [-0.39, 0.29) is 12.1 Å². The van der Waals surface area contributed by atoms with Gasteiger partial charge in [-0.2, -0.15) is 5.10 Å². The Labute approximate surface area is 112 Å². The number of ether oxygens (including phenoxy) is 1. The van der Waals surface area contributed by atoms with Gasteiger partial charge in [-0.25, -0.2) is 4.39 Å². The molecule has 0 unspecified atom stereocenters. The maximum absolute atomic E-state index is 13.8. The van der Waals surface area contributed by atoms with Crippen LogP contribution >= 0.6 is 0 Å². The van der Waals surface area contributed by atoms with Crippen LogP contribution < -0.4 is 4.74 Å². The Hall–Kier alpha value is -2.31. The zero-order valence-electron chi connectivity index (χ0n) is 10.2. The first-order chi connectivity index (χ1) is 9.39. The number of rotatable bonds is 4. The van der Waals surface area contributed by atoms with Crippen LogP contribution in [0.2, 0.25) is 0 Å². The molecule has 7 heteroatoms. The first-order valence-corrected chi connectivity index (χ1v) is 5.57. The van der Waals surface area contributed by atoms with Gasteiger partial charge in [0.05, 0.1) is 12.1 Å². The van der Waals surface area contributed by atoms with E-state index in [0.29, 0.717) is 5.56 Å². The van der Waals surface area contributed by atoms with Crippen LogP contribution in [0.25, 0.3) is 6.08 Å². The van der Waals surface area contributed by atoms with Crippen LogP contribution in [0.4, 0.5) is 17.6 Å². The third-order valence-electron chi connectivity index (χ3n) is 2.48. The van der Waals surface area contributed by atoms with Gasteiger partial charge in [-0.15, -0.1) is 13.2 Å². The largest absolute Gasteiger partial charge is 0.573 e. The van der Waals surface area contributed by atoms with Gasteiger partial charge in [0, 0.05) is 12.4 Å². The van der Waals surface area contributed by atoms with E-state index in [0.717, 1.165) is 18.2 Å². The van der Waals surface area contributed by atoms with Crippen LogP contribution in [0.3, 0.4) is 0 Å². The lowest BCUT2D eigenvalue weighted by molar-refractivity contribution is -0.274. The van der Waals surface area contributed by atoms with E-state index in [2.05, 4.69) is 16.4 Å². The summed E-state index contributed by atoms with van der Waals surface area (Å²) in [5.41, 5.74) is -0.0254. The number of alkyl halides is 3. The Balaban J connectivity index is 2.38. The molecule has 2 rings (SSSR count). The average molecular weight is 286 g/mol. The van der Waals surface area contributed by atoms with Gasteiger partial charge in [0.2, 0.25) is 0 Å². The minimum atomic E-state index is -4.89. The normalized spacial score (nSPS) is 11.4. The maximum Gasteiger partial charge on any atom is 0.573 e. The Morgan fingerprint density at radius 1 is 1.35 bits per heavy atom. The van der Waals surface area contributed by atoms with Gasteiger partial charge < -0.3 is 4.74 Å². The minimum Gasteiger partial charge on any atom is -0.405 e.